The molecule has 0 radical (unpaired) electrons. The van der Waals surface area contributed by atoms with Crippen LogP contribution in [0.4, 0.5) is 0 Å². The van der Waals surface area contributed by atoms with E-state index in [4.69, 9.17) is 22.1 Å². The molecule has 2 N–H and O–H groups in total. The van der Waals surface area contributed by atoms with Crippen LogP contribution in [0.3, 0.4) is 0 Å². The van der Waals surface area contributed by atoms with Crippen LogP contribution < -0.4 is 5.73 Å². The molecular weight excluding hydrogens is 222 g/mol. The fraction of sp³-hybridized carbons (Fsp3) is 0.538. The van der Waals surface area contributed by atoms with Crippen molar-refractivity contribution < 1.29 is 4.74 Å². The topological polar surface area (TPSA) is 35.2 Å². The van der Waals surface area contributed by atoms with E-state index in [1.54, 1.807) is 0 Å². The standard InChI is InChI=1S/C13H20ClNO/c1-3-13(15,4-2)10-16-9-11-7-5-6-8-12(11)14/h5-8H,3-4,9-10,15H2,1-2H3. The lowest BCUT2D eigenvalue weighted by Gasteiger charge is -2.26. The van der Waals surface area contributed by atoms with Gasteiger partial charge in [0.15, 0.2) is 0 Å². The number of hydrogen-bond donors (Lipinski definition) is 1. The van der Waals surface area contributed by atoms with Crippen molar-refractivity contribution in [2.75, 3.05) is 6.61 Å². The smallest absolute Gasteiger partial charge is 0.0732 e. The fourth-order valence-corrected chi connectivity index (χ4v) is 1.62. The molecule has 0 bridgehead atoms. The minimum absolute atomic E-state index is 0.207. The molecule has 0 saturated carbocycles. The summed E-state index contributed by atoms with van der Waals surface area (Å²) in [6.45, 7) is 5.27. The normalized spacial score (nSPS) is 11.8. The second kappa shape index (κ2) is 6.24. The monoisotopic (exact) mass is 241 g/mol. The first-order chi connectivity index (χ1) is 7.61. The zero-order chi connectivity index (χ0) is 12.0. The third kappa shape index (κ3) is 3.78. The molecule has 0 aliphatic carbocycles. The van der Waals surface area contributed by atoms with Gasteiger partial charge in [-0.25, -0.2) is 0 Å². The van der Waals surface area contributed by atoms with Gasteiger partial charge in [0.05, 0.1) is 13.2 Å². The average molecular weight is 242 g/mol. The van der Waals surface area contributed by atoms with E-state index >= 15 is 0 Å². The number of ether oxygens (including phenoxy) is 1. The first-order valence-electron chi connectivity index (χ1n) is 5.71. The fourth-order valence-electron chi connectivity index (χ4n) is 1.43. The minimum atomic E-state index is -0.207. The summed E-state index contributed by atoms with van der Waals surface area (Å²) < 4.78 is 5.64. The Hall–Kier alpha value is -0.570. The highest BCUT2D eigenvalue weighted by Gasteiger charge is 2.20. The molecule has 0 atom stereocenters. The molecule has 0 aliphatic heterocycles. The molecule has 90 valence electrons. The highest BCUT2D eigenvalue weighted by atomic mass is 35.5. The molecule has 0 heterocycles. The predicted molar refractivity (Wildman–Crippen MR) is 68.6 cm³/mol. The van der Waals surface area contributed by atoms with Gasteiger partial charge in [0.1, 0.15) is 0 Å². The van der Waals surface area contributed by atoms with Crippen LogP contribution in [0.5, 0.6) is 0 Å². The molecule has 0 aliphatic rings. The van der Waals surface area contributed by atoms with Crippen molar-refractivity contribution in [3.8, 4) is 0 Å². The van der Waals surface area contributed by atoms with Gasteiger partial charge in [-0.3, -0.25) is 0 Å². The lowest BCUT2D eigenvalue weighted by Crippen LogP contribution is -2.43. The molecular formula is C13H20ClNO. The van der Waals surface area contributed by atoms with Gasteiger partial charge >= 0.3 is 0 Å². The molecule has 1 aromatic carbocycles. The van der Waals surface area contributed by atoms with E-state index < -0.39 is 0 Å². The van der Waals surface area contributed by atoms with Crippen LogP contribution in [0.2, 0.25) is 5.02 Å². The molecule has 2 nitrogen and oxygen atoms in total. The summed E-state index contributed by atoms with van der Waals surface area (Å²) in [6, 6.07) is 7.71. The van der Waals surface area contributed by atoms with Crippen molar-refractivity contribution in [2.24, 2.45) is 5.73 Å². The van der Waals surface area contributed by atoms with E-state index in [1.807, 2.05) is 24.3 Å². The zero-order valence-electron chi connectivity index (χ0n) is 10.0. The summed E-state index contributed by atoms with van der Waals surface area (Å²) in [4.78, 5) is 0. The van der Waals surface area contributed by atoms with Gasteiger partial charge in [0, 0.05) is 10.6 Å². The number of rotatable bonds is 6. The summed E-state index contributed by atoms with van der Waals surface area (Å²) in [7, 11) is 0. The van der Waals surface area contributed by atoms with Crippen LogP contribution in [0.15, 0.2) is 24.3 Å². The maximum Gasteiger partial charge on any atom is 0.0732 e. The van der Waals surface area contributed by atoms with Gasteiger partial charge in [-0.1, -0.05) is 43.6 Å². The Morgan fingerprint density at radius 3 is 2.44 bits per heavy atom. The van der Waals surface area contributed by atoms with Crippen molar-refractivity contribution in [3.63, 3.8) is 0 Å². The quantitative estimate of drug-likeness (QED) is 0.829. The van der Waals surface area contributed by atoms with Crippen molar-refractivity contribution in [1.82, 2.24) is 0 Å². The molecule has 0 aromatic heterocycles. The van der Waals surface area contributed by atoms with E-state index in [0.29, 0.717) is 13.2 Å². The molecule has 0 fully saturated rings. The van der Waals surface area contributed by atoms with Crippen LogP contribution in [0.1, 0.15) is 32.3 Å². The Kier molecular flexibility index (Phi) is 5.26. The Morgan fingerprint density at radius 1 is 1.25 bits per heavy atom. The van der Waals surface area contributed by atoms with Gasteiger partial charge in [-0.2, -0.15) is 0 Å². The van der Waals surface area contributed by atoms with Gasteiger partial charge in [-0.15, -0.1) is 0 Å². The highest BCUT2D eigenvalue weighted by molar-refractivity contribution is 6.31. The van der Waals surface area contributed by atoms with Crippen LogP contribution in [-0.2, 0) is 11.3 Å². The number of nitrogens with two attached hydrogens (primary N) is 1. The summed E-state index contributed by atoms with van der Waals surface area (Å²) in [5.74, 6) is 0. The first-order valence-corrected chi connectivity index (χ1v) is 6.09. The maximum absolute atomic E-state index is 6.14. The second-order valence-corrected chi connectivity index (χ2v) is 4.56. The first kappa shape index (κ1) is 13.5. The Balaban J connectivity index is 2.44. The molecule has 16 heavy (non-hydrogen) atoms. The molecule has 1 aromatic rings. The lowest BCUT2D eigenvalue weighted by atomic mass is 9.96. The third-order valence-electron chi connectivity index (χ3n) is 3.01. The van der Waals surface area contributed by atoms with E-state index in [0.717, 1.165) is 23.4 Å². The average Bonchev–Trinajstić information content (AvgIpc) is 2.31. The Bertz CT molecular complexity index is 323. The Labute approximate surface area is 103 Å². The van der Waals surface area contributed by atoms with Crippen molar-refractivity contribution in [3.05, 3.63) is 34.9 Å². The van der Waals surface area contributed by atoms with E-state index in [1.165, 1.54) is 0 Å². The largest absolute Gasteiger partial charge is 0.375 e. The van der Waals surface area contributed by atoms with Crippen molar-refractivity contribution in [2.45, 2.75) is 38.8 Å². The second-order valence-electron chi connectivity index (χ2n) is 4.15. The maximum atomic E-state index is 6.14. The van der Waals surface area contributed by atoms with E-state index in [9.17, 15) is 0 Å². The van der Waals surface area contributed by atoms with E-state index in [-0.39, 0.29) is 5.54 Å². The van der Waals surface area contributed by atoms with Gasteiger partial charge in [0.25, 0.3) is 0 Å². The minimum Gasteiger partial charge on any atom is -0.375 e. The molecule has 0 unspecified atom stereocenters. The van der Waals surface area contributed by atoms with Crippen LogP contribution in [-0.4, -0.2) is 12.1 Å². The van der Waals surface area contributed by atoms with Crippen LogP contribution in [0.25, 0.3) is 0 Å². The summed E-state index contributed by atoms with van der Waals surface area (Å²) in [6.07, 6.45) is 1.85. The lowest BCUT2D eigenvalue weighted by molar-refractivity contribution is 0.0697. The zero-order valence-corrected chi connectivity index (χ0v) is 10.8. The van der Waals surface area contributed by atoms with Crippen molar-refractivity contribution >= 4 is 11.6 Å². The number of benzene rings is 1. The van der Waals surface area contributed by atoms with Gasteiger partial charge in [-0.05, 0) is 24.5 Å². The van der Waals surface area contributed by atoms with E-state index in [2.05, 4.69) is 13.8 Å². The van der Waals surface area contributed by atoms with Gasteiger partial charge < -0.3 is 10.5 Å². The molecule has 3 heteroatoms. The molecule has 1 rings (SSSR count). The summed E-state index contributed by atoms with van der Waals surface area (Å²) >= 11 is 6.03. The van der Waals surface area contributed by atoms with Crippen molar-refractivity contribution in [1.29, 1.82) is 0 Å². The van der Waals surface area contributed by atoms with Crippen LogP contribution >= 0.6 is 11.6 Å². The summed E-state index contributed by atoms with van der Waals surface area (Å²) in [5, 5.41) is 0.748. The SMILES string of the molecule is CCC(N)(CC)COCc1ccccc1Cl. The number of halogens is 1. The molecule has 0 saturated heterocycles. The Morgan fingerprint density at radius 2 is 1.88 bits per heavy atom. The number of hydrogen-bond acceptors (Lipinski definition) is 2. The van der Waals surface area contributed by atoms with Crippen LogP contribution in [0, 0.1) is 0 Å². The molecule has 0 amide bonds. The van der Waals surface area contributed by atoms with Gasteiger partial charge in [0.2, 0.25) is 0 Å². The highest BCUT2D eigenvalue weighted by Crippen LogP contribution is 2.17. The molecule has 0 spiro atoms. The third-order valence-corrected chi connectivity index (χ3v) is 3.38. The summed E-state index contributed by atoms with van der Waals surface area (Å²) in [5.41, 5.74) is 6.95. The predicted octanol–water partition coefficient (Wildman–Crippen LogP) is 3.37.